The lowest BCUT2D eigenvalue weighted by Gasteiger charge is -2.15. The van der Waals surface area contributed by atoms with Gasteiger partial charge in [-0.1, -0.05) is 26.0 Å². The number of anilines is 1. The Hall–Kier alpha value is -1.36. The number of benzene rings is 1. The molecule has 0 saturated heterocycles. The number of urea groups is 1. The van der Waals surface area contributed by atoms with Crippen LogP contribution in [0, 0.1) is 0 Å². The Kier molecular flexibility index (Phi) is 6.71. The van der Waals surface area contributed by atoms with E-state index in [0.717, 1.165) is 24.1 Å². The first-order chi connectivity index (χ1) is 9.46. The van der Waals surface area contributed by atoms with Crippen molar-refractivity contribution in [3.8, 4) is 0 Å². The summed E-state index contributed by atoms with van der Waals surface area (Å²) >= 11 is 0. The molecule has 0 aliphatic carbocycles. The summed E-state index contributed by atoms with van der Waals surface area (Å²) in [4.78, 5) is 12.0. The zero-order valence-corrected chi connectivity index (χ0v) is 13.5. The molecule has 112 valence electrons. The van der Waals surface area contributed by atoms with Gasteiger partial charge in [0.2, 0.25) is 0 Å². The fraction of sp³-hybridized carbons (Fsp3) is 0.533. The summed E-state index contributed by atoms with van der Waals surface area (Å²) in [6.07, 6.45) is 3.44. The van der Waals surface area contributed by atoms with E-state index in [-0.39, 0.29) is 12.1 Å². The lowest BCUT2D eigenvalue weighted by atomic mass is 10.1. The van der Waals surface area contributed by atoms with Crippen molar-refractivity contribution in [3.05, 3.63) is 29.3 Å². The third-order valence-corrected chi connectivity index (χ3v) is 4.04. The monoisotopic (exact) mass is 296 g/mol. The summed E-state index contributed by atoms with van der Waals surface area (Å²) < 4.78 is 11.1. The lowest BCUT2D eigenvalue weighted by molar-refractivity contribution is 0.250. The predicted molar refractivity (Wildman–Crippen MR) is 85.7 cm³/mol. The molecule has 0 spiro atoms. The number of carbonyl (C=O) groups excluding carboxylic acids is 1. The third-order valence-electron chi connectivity index (χ3n) is 3.07. The van der Waals surface area contributed by atoms with Gasteiger partial charge < -0.3 is 10.6 Å². The fourth-order valence-corrected chi connectivity index (χ4v) is 2.83. The molecule has 2 amide bonds. The molecule has 5 heteroatoms. The molecule has 4 nitrogen and oxygen atoms in total. The number of amides is 2. The zero-order valence-electron chi connectivity index (χ0n) is 12.7. The summed E-state index contributed by atoms with van der Waals surface area (Å²) in [5, 5.41) is 5.70. The molecule has 0 heterocycles. The first-order valence-electron chi connectivity index (χ1n) is 6.95. The van der Waals surface area contributed by atoms with Crippen LogP contribution in [-0.2, 0) is 23.6 Å². The maximum atomic E-state index is 12.0. The second-order valence-electron chi connectivity index (χ2n) is 4.94. The summed E-state index contributed by atoms with van der Waals surface area (Å²) in [5.74, 6) is 0.461. The van der Waals surface area contributed by atoms with Crippen molar-refractivity contribution in [1.29, 1.82) is 0 Å². The molecular weight excluding hydrogens is 272 g/mol. The molecule has 0 unspecified atom stereocenters. The number of rotatable bonds is 6. The molecule has 2 atom stereocenters. The standard InChI is InChI=1S/C15H24N2O2S/c1-5-12-7-8-13(6-2)14(9-12)17-15(18)16-11(3)10-20(4)19/h7-9,11H,5-6,10H2,1-4H3,(H2,16,17,18)/t11-,20-/m0/s1. The van der Waals surface area contributed by atoms with Crippen LogP contribution in [0.5, 0.6) is 0 Å². The Morgan fingerprint density at radius 2 is 2.00 bits per heavy atom. The fourth-order valence-electron chi connectivity index (χ4n) is 2.04. The highest BCUT2D eigenvalue weighted by atomic mass is 32.2. The topological polar surface area (TPSA) is 58.2 Å². The second kappa shape index (κ2) is 8.04. The SMILES string of the molecule is CCc1ccc(CC)c(NC(=O)N[C@@H](C)C[S@](C)=O)c1. The Labute approximate surface area is 123 Å². The van der Waals surface area contributed by atoms with Gasteiger partial charge in [-0.2, -0.15) is 0 Å². The van der Waals surface area contributed by atoms with Gasteiger partial charge in [0, 0.05) is 34.5 Å². The van der Waals surface area contributed by atoms with Crippen LogP contribution < -0.4 is 10.6 Å². The lowest BCUT2D eigenvalue weighted by Crippen LogP contribution is -2.39. The summed E-state index contributed by atoms with van der Waals surface area (Å²) in [5.41, 5.74) is 3.17. The van der Waals surface area contributed by atoms with Gasteiger partial charge in [-0.15, -0.1) is 0 Å². The van der Waals surface area contributed by atoms with Crippen molar-refractivity contribution in [3.63, 3.8) is 0 Å². The molecule has 1 aromatic rings. The van der Waals surface area contributed by atoms with Crippen LogP contribution in [0.3, 0.4) is 0 Å². The first kappa shape index (κ1) is 16.7. The van der Waals surface area contributed by atoms with Crippen molar-refractivity contribution in [2.45, 2.75) is 39.7 Å². The van der Waals surface area contributed by atoms with Gasteiger partial charge in [0.15, 0.2) is 0 Å². The number of hydrogen-bond acceptors (Lipinski definition) is 2. The van der Waals surface area contributed by atoms with Gasteiger partial charge in [0.1, 0.15) is 0 Å². The zero-order chi connectivity index (χ0) is 15.1. The molecule has 0 aliphatic rings. The number of carbonyl (C=O) groups is 1. The number of aryl methyl sites for hydroxylation is 2. The van der Waals surface area contributed by atoms with Gasteiger partial charge in [-0.3, -0.25) is 4.21 Å². The van der Waals surface area contributed by atoms with E-state index in [9.17, 15) is 9.00 Å². The van der Waals surface area contributed by atoms with Crippen LogP contribution in [0.25, 0.3) is 0 Å². The predicted octanol–water partition coefficient (Wildman–Crippen LogP) is 2.70. The van der Waals surface area contributed by atoms with Crippen LogP contribution >= 0.6 is 0 Å². The largest absolute Gasteiger partial charge is 0.334 e. The van der Waals surface area contributed by atoms with Crippen LogP contribution in [0.4, 0.5) is 10.5 Å². The Bertz CT molecular complexity index is 489. The minimum atomic E-state index is -0.912. The normalized spacial score (nSPS) is 13.6. The highest BCUT2D eigenvalue weighted by Crippen LogP contribution is 2.19. The third kappa shape index (κ3) is 5.33. The van der Waals surface area contributed by atoms with Crippen molar-refractivity contribution in [2.24, 2.45) is 0 Å². The van der Waals surface area contributed by atoms with Crippen molar-refractivity contribution < 1.29 is 9.00 Å². The molecule has 20 heavy (non-hydrogen) atoms. The number of nitrogens with one attached hydrogen (secondary N) is 2. The Morgan fingerprint density at radius 3 is 2.55 bits per heavy atom. The van der Waals surface area contributed by atoms with E-state index in [4.69, 9.17) is 0 Å². The summed E-state index contributed by atoms with van der Waals surface area (Å²) in [6, 6.07) is 5.80. The van der Waals surface area contributed by atoms with E-state index in [0.29, 0.717) is 5.75 Å². The van der Waals surface area contributed by atoms with E-state index >= 15 is 0 Å². The second-order valence-corrected chi connectivity index (χ2v) is 6.42. The molecule has 0 bridgehead atoms. The molecular formula is C15H24N2O2S. The average Bonchev–Trinajstić information content (AvgIpc) is 2.37. The quantitative estimate of drug-likeness (QED) is 0.848. The van der Waals surface area contributed by atoms with Crippen LogP contribution in [0.2, 0.25) is 0 Å². The van der Waals surface area contributed by atoms with Crippen molar-refractivity contribution in [2.75, 3.05) is 17.3 Å². The van der Waals surface area contributed by atoms with Gasteiger partial charge in [-0.25, -0.2) is 4.79 Å². The van der Waals surface area contributed by atoms with Gasteiger partial charge in [0.05, 0.1) is 0 Å². The molecule has 1 rings (SSSR count). The van der Waals surface area contributed by atoms with E-state index in [1.807, 2.05) is 13.0 Å². The van der Waals surface area contributed by atoms with Crippen LogP contribution in [0.1, 0.15) is 31.9 Å². The molecule has 0 saturated carbocycles. The summed E-state index contributed by atoms with van der Waals surface area (Å²) in [7, 11) is -0.912. The molecule has 2 N–H and O–H groups in total. The smallest absolute Gasteiger partial charge is 0.319 e. The van der Waals surface area contributed by atoms with Crippen LogP contribution in [0.15, 0.2) is 18.2 Å². The molecule has 0 aliphatic heterocycles. The maximum Gasteiger partial charge on any atom is 0.319 e. The maximum absolute atomic E-state index is 12.0. The molecule has 0 aromatic heterocycles. The minimum absolute atomic E-state index is 0.111. The van der Waals surface area contributed by atoms with Crippen molar-refractivity contribution in [1.82, 2.24) is 5.32 Å². The minimum Gasteiger partial charge on any atom is -0.334 e. The Morgan fingerprint density at radius 1 is 1.30 bits per heavy atom. The number of hydrogen-bond donors (Lipinski definition) is 2. The molecule has 0 fully saturated rings. The van der Waals surface area contributed by atoms with Gasteiger partial charge >= 0.3 is 6.03 Å². The van der Waals surface area contributed by atoms with Crippen LogP contribution in [-0.4, -0.2) is 28.3 Å². The average molecular weight is 296 g/mol. The van der Waals surface area contributed by atoms with Gasteiger partial charge in [0.25, 0.3) is 0 Å². The van der Waals surface area contributed by atoms with E-state index in [1.165, 1.54) is 5.56 Å². The van der Waals surface area contributed by atoms with Gasteiger partial charge in [-0.05, 0) is 37.0 Å². The molecule has 1 aromatic carbocycles. The Balaban J connectivity index is 2.71. The highest BCUT2D eigenvalue weighted by Gasteiger charge is 2.10. The summed E-state index contributed by atoms with van der Waals surface area (Å²) in [6.45, 7) is 6.00. The van der Waals surface area contributed by atoms with Crippen molar-refractivity contribution >= 4 is 22.5 Å². The molecule has 0 radical (unpaired) electrons. The van der Waals surface area contributed by atoms with E-state index in [2.05, 4.69) is 36.6 Å². The van der Waals surface area contributed by atoms with E-state index < -0.39 is 10.8 Å². The first-order valence-corrected chi connectivity index (χ1v) is 8.68. The highest BCUT2D eigenvalue weighted by molar-refractivity contribution is 7.84. The van der Waals surface area contributed by atoms with E-state index in [1.54, 1.807) is 6.26 Å².